The summed E-state index contributed by atoms with van der Waals surface area (Å²) in [6, 6.07) is 30.0. The van der Waals surface area contributed by atoms with Crippen LogP contribution in [0.15, 0.2) is 84.9 Å². The number of fused-ring (bicyclic) bond motifs is 1. The number of ether oxygens (including phenoxy) is 1. The van der Waals surface area contributed by atoms with Gasteiger partial charge in [-0.15, -0.1) is 0 Å². The molecule has 0 aliphatic heterocycles. The minimum atomic E-state index is 0.418. The second-order valence-electron chi connectivity index (χ2n) is 6.79. The highest BCUT2D eigenvalue weighted by atomic mass is 127. The van der Waals surface area contributed by atoms with Crippen LogP contribution in [0, 0.1) is 14.9 Å². The lowest BCUT2D eigenvalue weighted by molar-refractivity contribution is 0.306. The smallest absolute Gasteiger partial charge is 0.127 e. The lowest BCUT2D eigenvalue weighted by atomic mass is 9.98. The van der Waals surface area contributed by atoms with Crippen molar-refractivity contribution in [1.29, 1.82) is 5.26 Å². The normalized spacial score (nSPS) is 11.3. The predicted molar refractivity (Wildman–Crippen MR) is 132 cm³/mol. The van der Waals surface area contributed by atoms with Gasteiger partial charge in [0.1, 0.15) is 12.4 Å². The zero-order valence-corrected chi connectivity index (χ0v) is 18.9. The Kier molecular flexibility index (Phi) is 6.37. The van der Waals surface area contributed by atoms with E-state index in [0.29, 0.717) is 17.2 Å². The van der Waals surface area contributed by atoms with E-state index in [9.17, 15) is 5.26 Å². The van der Waals surface area contributed by atoms with Gasteiger partial charge < -0.3 is 4.74 Å². The maximum atomic E-state index is 9.83. The molecule has 0 unspecified atom stereocenters. The van der Waals surface area contributed by atoms with E-state index in [1.54, 1.807) is 0 Å². The van der Waals surface area contributed by atoms with Gasteiger partial charge in [-0.2, -0.15) is 5.26 Å². The molecule has 0 N–H and O–H groups in total. The van der Waals surface area contributed by atoms with Gasteiger partial charge in [-0.05, 0) is 80.9 Å². The summed E-state index contributed by atoms with van der Waals surface area (Å²) >= 11 is 8.24. The van der Waals surface area contributed by atoms with Crippen molar-refractivity contribution in [3.63, 3.8) is 0 Å². The molecular weight excluding hydrogens is 505 g/mol. The number of nitriles is 1. The van der Waals surface area contributed by atoms with E-state index < -0.39 is 0 Å². The minimum Gasteiger partial charge on any atom is -0.488 e. The van der Waals surface area contributed by atoms with Crippen molar-refractivity contribution >= 4 is 56.6 Å². The average molecular weight is 522 g/mol. The predicted octanol–water partition coefficient (Wildman–Crippen LogP) is 7.74. The summed E-state index contributed by atoms with van der Waals surface area (Å²) in [5, 5.41) is 12.7. The van der Waals surface area contributed by atoms with Crippen molar-refractivity contribution in [2.75, 3.05) is 0 Å². The van der Waals surface area contributed by atoms with Gasteiger partial charge in [-0.1, -0.05) is 66.2 Å². The number of hydrogen-bond acceptors (Lipinski definition) is 2. The molecule has 0 saturated carbocycles. The number of hydrogen-bond donors (Lipinski definition) is 0. The molecule has 0 saturated heterocycles. The molecule has 30 heavy (non-hydrogen) atoms. The maximum Gasteiger partial charge on any atom is 0.127 e. The molecule has 0 spiro atoms. The van der Waals surface area contributed by atoms with Crippen LogP contribution in [0.1, 0.15) is 16.7 Å². The second-order valence-corrected chi connectivity index (χ2v) is 8.47. The molecular formula is C26H17ClINO. The minimum absolute atomic E-state index is 0.418. The standard InChI is InChI=1S/C26H17ClINO/c27-22-10-5-18(6-11-22)17-30-26-14-9-20-3-1-2-4-24(20)25(26)15-21(16-29)19-7-12-23(28)13-8-19/h1-15H,17H2/b21-15+. The molecule has 4 aromatic carbocycles. The van der Waals surface area contributed by atoms with Crippen LogP contribution in [0.2, 0.25) is 5.02 Å². The summed E-state index contributed by atoms with van der Waals surface area (Å²) in [6.45, 7) is 0.418. The van der Waals surface area contributed by atoms with Gasteiger partial charge in [0, 0.05) is 14.2 Å². The Morgan fingerprint density at radius 3 is 2.40 bits per heavy atom. The topological polar surface area (TPSA) is 33.0 Å². The van der Waals surface area contributed by atoms with Gasteiger partial charge in [0.25, 0.3) is 0 Å². The van der Waals surface area contributed by atoms with Crippen molar-refractivity contribution in [1.82, 2.24) is 0 Å². The summed E-state index contributed by atoms with van der Waals surface area (Å²) in [6.07, 6.45) is 1.92. The molecule has 4 rings (SSSR count). The third-order valence-electron chi connectivity index (χ3n) is 4.80. The molecule has 0 amide bonds. The summed E-state index contributed by atoms with van der Waals surface area (Å²) in [4.78, 5) is 0. The molecule has 0 fully saturated rings. The first-order chi connectivity index (χ1) is 14.6. The van der Waals surface area contributed by atoms with Crippen molar-refractivity contribution < 1.29 is 4.74 Å². The zero-order valence-electron chi connectivity index (χ0n) is 16.0. The van der Waals surface area contributed by atoms with E-state index in [2.05, 4.69) is 40.8 Å². The third-order valence-corrected chi connectivity index (χ3v) is 5.77. The summed E-state index contributed by atoms with van der Waals surface area (Å²) < 4.78 is 7.30. The Balaban J connectivity index is 1.77. The lowest BCUT2D eigenvalue weighted by Gasteiger charge is -2.13. The summed E-state index contributed by atoms with van der Waals surface area (Å²) in [5.74, 6) is 0.738. The van der Waals surface area contributed by atoms with E-state index in [1.807, 2.05) is 78.9 Å². The molecule has 0 radical (unpaired) electrons. The second kappa shape index (κ2) is 9.34. The number of allylic oxidation sites excluding steroid dienone is 1. The molecule has 0 aliphatic carbocycles. The van der Waals surface area contributed by atoms with Gasteiger partial charge in [-0.25, -0.2) is 0 Å². The molecule has 0 heterocycles. The van der Waals surface area contributed by atoms with Gasteiger partial charge in [0.15, 0.2) is 0 Å². The molecule has 4 heteroatoms. The van der Waals surface area contributed by atoms with E-state index in [1.165, 1.54) is 0 Å². The molecule has 0 aliphatic rings. The van der Waals surface area contributed by atoms with Crippen molar-refractivity contribution in [3.8, 4) is 11.8 Å². The van der Waals surface area contributed by atoms with Crippen LogP contribution in [0.3, 0.4) is 0 Å². The van der Waals surface area contributed by atoms with Gasteiger partial charge in [-0.3, -0.25) is 0 Å². The van der Waals surface area contributed by atoms with Gasteiger partial charge >= 0.3 is 0 Å². The SMILES string of the molecule is N#C/C(=C\c1c(OCc2ccc(Cl)cc2)ccc2ccccc12)c1ccc(I)cc1. The van der Waals surface area contributed by atoms with Crippen LogP contribution in [0.25, 0.3) is 22.4 Å². The fraction of sp³-hybridized carbons (Fsp3) is 0.0385. The van der Waals surface area contributed by atoms with Crippen LogP contribution in [0.4, 0.5) is 0 Å². The fourth-order valence-corrected chi connectivity index (χ4v) is 3.73. The first-order valence-electron chi connectivity index (χ1n) is 9.41. The van der Waals surface area contributed by atoms with Crippen LogP contribution < -0.4 is 4.74 Å². The van der Waals surface area contributed by atoms with Crippen molar-refractivity contribution in [3.05, 3.63) is 110 Å². The highest BCUT2D eigenvalue weighted by Gasteiger charge is 2.10. The van der Waals surface area contributed by atoms with Crippen molar-refractivity contribution in [2.45, 2.75) is 6.61 Å². The number of nitrogens with zero attached hydrogens (tertiary/aromatic N) is 1. The highest BCUT2D eigenvalue weighted by Crippen LogP contribution is 2.32. The number of halogens is 2. The highest BCUT2D eigenvalue weighted by molar-refractivity contribution is 14.1. The molecule has 0 bridgehead atoms. The zero-order chi connectivity index (χ0) is 20.9. The summed E-state index contributed by atoms with van der Waals surface area (Å²) in [5.41, 5.74) is 3.41. The molecule has 4 aromatic rings. The Hall–Kier alpha value is -2.81. The lowest BCUT2D eigenvalue weighted by Crippen LogP contribution is -1.98. The monoisotopic (exact) mass is 521 g/mol. The molecule has 0 aromatic heterocycles. The Morgan fingerprint density at radius 1 is 0.933 bits per heavy atom. The van der Waals surface area contributed by atoms with E-state index >= 15 is 0 Å². The first kappa shape index (κ1) is 20.5. The van der Waals surface area contributed by atoms with E-state index in [-0.39, 0.29) is 0 Å². The van der Waals surface area contributed by atoms with E-state index in [0.717, 1.165) is 36.8 Å². The van der Waals surface area contributed by atoms with Gasteiger partial charge in [0.05, 0.1) is 11.6 Å². The Bertz CT molecular complexity index is 1260. The van der Waals surface area contributed by atoms with Crippen molar-refractivity contribution in [2.24, 2.45) is 0 Å². The van der Waals surface area contributed by atoms with E-state index in [4.69, 9.17) is 16.3 Å². The fourth-order valence-electron chi connectivity index (χ4n) is 3.25. The quantitative estimate of drug-likeness (QED) is 0.153. The maximum absolute atomic E-state index is 9.83. The number of rotatable bonds is 5. The number of benzene rings is 4. The van der Waals surface area contributed by atoms with Crippen LogP contribution >= 0.6 is 34.2 Å². The summed E-state index contributed by atoms with van der Waals surface area (Å²) in [7, 11) is 0. The van der Waals surface area contributed by atoms with Crippen LogP contribution in [0.5, 0.6) is 5.75 Å². The largest absolute Gasteiger partial charge is 0.488 e. The Labute approximate surface area is 194 Å². The Morgan fingerprint density at radius 2 is 1.67 bits per heavy atom. The van der Waals surface area contributed by atoms with Crippen LogP contribution in [-0.4, -0.2) is 0 Å². The molecule has 0 atom stereocenters. The molecule has 2 nitrogen and oxygen atoms in total. The average Bonchev–Trinajstić information content (AvgIpc) is 2.78. The molecule has 146 valence electrons. The third kappa shape index (κ3) is 4.67. The van der Waals surface area contributed by atoms with Crippen LogP contribution in [-0.2, 0) is 6.61 Å². The van der Waals surface area contributed by atoms with Gasteiger partial charge in [0.2, 0.25) is 0 Å². The first-order valence-corrected chi connectivity index (χ1v) is 10.9.